The summed E-state index contributed by atoms with van der Waals surface area (Å²) < 4.78 is 2.00. The average molecular weight is 290 g/mol. The zero-order valence-electron chi connectivity index (χ0n) is 11.8. The van der Waals surface area contributed by atoms with Crippen molar-refractivity contribution in [3.8, 4) is 11.1 Å². The molecule has 4 heteroatoms. The molecule has 0 radical (unpaired) electrons. The monoisotopic (exact) mass is 289 g/mol. The summed E-state index contributed by atoms with van der Waals surface area (Å²) in [6.07, 6.45) is 5.60. The van der Waals surface area contributed by atoms with Gasteiger partial charge in [0.25, 0.3) is 0 Å². The molecule has 1 aromatic carbocycles. The van der Waals surface area contributed by atoms with Crippen molar-refractivity contribution in [1.29, 1.82) is 0 Å². The van der Waals surface area contributed by atoms with E-state index in [9.17, 15) is 0 Å². The molecular formula is C16H20ClN3. The summed E-state index contributed by atoms with van der Waals surface area (Å²) in [5, 5.41) is 8.70. The standard InChI is InChI=1S/C16H20ClN3/c1-20-16(8-12-4-3-7-18-10-12)15(11-19-20)13-5-2-6-14(17)9-13/h2,5-6,9,11-12,18H,3-4,7-8,10H2,1H3. The number of aryl methyl sites for hydroxylation is 1. The zero-order valence-corrected chi connectivity index (χ0v) is 12.5. The Morgan fingerprint density at radius 3 is 3.10 bits per heavy atom. The molecule has 106 valence electrons. The predicted octanol–water partition coefficient (Wildman–Crippen LogP) is 3.28. The molecule has 1 aliphatic heterocycles. The number of piperidine rings is 1. The van der Waals surface area contributed by atoms with Crippen molar-refractivity contribution in [2.45, 2.75) is 19.3 Å². The third kappa shape index (κ3) is 2.89. The first-order valence-corrected chi connectivity index (χ1v) is 7.59. The van der Waals surface area contributed by atoms with Gasteiger partial charge in [0.2, 0.25) is 0 Å². The Labute approximate surface area is 124 Å². The van der Waals surface area contributed by atoms with Crippen LogP contribution in [-0.2, 0) is 13.5 Å². The number of hydrogen-bond donors (Lipinski definition) is 1. The van der Waals surface area contributed by atoms with E-state index in [0.29, 0.717) is 5.92 Å². The van der Waals surface area contributed by atoms with Gasteiger partial charge in [-0.2, -0.15) is 5.10 Å². The normalized spacial score (nSPS) is 19.2. The minimum Gasteiger partial charge on any atom is -0.316 e. The third-order valence-corrected chi connectivity index (χ3v) is 4.31. The Hall–Kier alpha value is -1.32. The minimum absolute atomic E-state index is 0.706. The maximum Gasteiger partial charge on any atom is 0.0571 e. The highest BCUT2D eigenvalue weighted by Gasteiger charge is 2.18. The van der Waals surface area contributed by atoms with Crippen molar-refractivity contribution in [3.05, 3.63) is 41.2 Å². The van der Waals surface area contributed by atoms with Gasteiger partial charge in [-0.05, 0) is 56.0 Å². The third-order valence-electron chi connectivity index (χ3n) is 4.08. The van der Waals surface area contributed by atoms with E-state index in [-0.39, 0.29) is 0 Å². The van der Waals surface area contributed by atoms with Crippen LogP contribution in [0.3, 0.4) is 0 Å². The molecule has 0 amide bonds. The van der Waals surface area contributed by atoms with E-state index in [1.54, 1.807) is 0 Å². The zero-order chi connectivity index (χ0) is 13.9. The van der Waals surface area contributed by atoms with Crippen molar-refractivity contribution in [1.82, 2.24) is 15.1 Å². The molecule has 1 N–H and O–H groups in total. The van der Waals surface area contributed by atoms with Crippen LogP contribution in [0.2, 0.25) is 5.02 Å². The van der Waals surface area contributed by atoms with Gasteiger partial charge in [-0.25, -0.2) is 0 Å². The van der Waals surface area contributed by atoms with Gasteiger partial charge in [0.05, 0.1) is 6.20 Å². The Morgan fingerprint density at radius 2 is 2.35 bits per heavy atom. The molecule has 2 aromatic rings. The highest BCUT2D eigenvalue weighted by Crippen LogP contribution is 2.28. The van der Waals surface area contributed by atoms with Gasteiger partial charge in [0, 0.05) is 23.3 Å². The fourth-order valence-corrected chi connectivity index (χ4v) is 3.16. The molecule has 0 saturated carbocycles. The molecule has 1 atom stereocenters. The van der Waals surface area contributed by atoms with Gasteiger partial charge in [-0.15, -0.1) is 0 Å². The molecule has 3 nitrogen and oxygen atoms in total. The van der Waals surface area contributed by atoms with Gasteiger partial charge in [-0.1, -0.05) is 23.7 Å². The highest BCUT2D eigenvalue weighted by atomic mass is 35.5. The molecule has 1 saturated heterocycles. The SMILES string of the molecule is Cn1ncc(-c2cccc(Cl)c2)c1CC1CCCNC1. The first kappa shape index (κ1) is 13.7. The fourth-order valence-electron chi connectivity index (χ4n) is 2.97. The fraction of sp³-hybridized carbons (Fsp3) is 0.438. The average Bonchev–Trinajstić information content (AvgIpc) is 2.82. The summed E-state index contributed by atoms with van der Waals surface area (Å²) in [6.45, 7) is 2.27. The van der Waals surface area contributed by atoms with E-state index in [0.717, 1.165) is 30.1 Å². The van der Waals surface area contributed by atoms with Crippen molar-refractivity contribution in [2.24, 2.45) is 13.0 Å². The molecule has 20 heavy (non-hydrogen) atoms. The second-order valence-electron chi connectivity index (χ2n) is 5.56. The molecule has 1 aromatic heterocycles. The van der Waals surface area contributed by atoms with Crippen LogP contribution in [0, 0.1) is 5.92 Å². The van der Waals surface area contributed by atoms with Crippen LogP contribution in [0.15, 0.2) is 30.5 Å². The largest absolute Gasteiger partial charge is 0.316 e. The topological polar surface area (TPSA) is 29.9 Å². The van der Waals surface area contributed by atoms with Crippen LogP contribution in [-0.4, -0.2) is 22.9 Å². The quantitative estimate of drug-likeness (QED) is 0.940. The molecule has 1 fully saturated rings. The van der Waals surface area contributed by atoms with Crippen molar-refractivity contribution in [3.63, 3.8) is 0 Å². The number of benzene rings is 1. The maximum atomic E-state index is 6.11. The number of nitrogens with zero attached hydrogens (tertiary/aromatic N) is 2. The lowest BCUT2D eigenvalue weighted by molar-refractivity contribution is 0.370. The Bertz CT molecular complexity index is 585. The molecule has 1 unspecified atom stereocenters. The lowest BCUT2D eigenvalue weighted by Crippen LogP contribution is -2.31. The Balaban J connectivity index is 1.88. The van der Waals surface area contributed by atoms with Gasteiger partial charge in [0.1, 0.15) is 0 Å². The smallest absolute Gasteiger partial charge is 0.0571 e. The van der Waals surface area contributed by atoms with Gasteiger partial charge >= 0.3 is 0 Å². The van der Waals surface area contributed by atoms with Crippen LogP contribution in [0.5, 0.6) is 0 Å². The van der Waals surface area contributed by atoms with Crippen LogP contribution in [0.4, 0.5) is 0 Å². The van der Waals surface area contributed by atoms with Gasteiger partial charge in [0.15, 0.2) is 0 Å². The lowest BCUT2D eigenvalue weighted by Gasteiger charge is -2.23. The summed E-state index contributed by atoms with van der Waals surface area (Å²) >= 11 is 6.11. The number of nitrogens with one attached hydrogen (secondary N) is 1. The van der Waals surface area contributed by atoms with E-state index in [1.165, 1.54) is 24.1 Å². The van der Waals surface area contributed by atoms with Crippen LogP contribution >= 0.6 is 11.6 Å². The van der Waals surface area contributed by atoms with E-state index in [4.69, 9.17) is 11.6 Å². The molecule has 3 rings (SSSR count). The number of aromatic nitrogens is 2. The second kappa shape index (κ2) is 5.98. The molecule has 0 spiro atoms. The van der Waals surface area contributed by atoms with Gasteiger partial charge in [-0.3, -0.25) is 4.68 Å². The van der Waals surface area contributed by atoms with E-state index in [2.05, 4.69) is 16.5 Å². The molecule has 1 aliphatic rings. The van der Waals surface area contributed by atoms with Crippen molar-refractivity contribution < 1.29 is 0 Å². The van der Waals surface area contributed by atoms with E-state index < -0.39 is 0 Å². The van der Waals surface area contributed by atoms with Crippen LogP contribution in [0.1, 0.15) is 18.5 Å². The summed E-state index contributed by atoms with van der Waals surface area (Å²) in [5.41, 5.74) is 3.67. The summed E-state index contributed by atoms with van der Waals surface area (Å²) in [4.78, 5) is 0. The van der Waals surface area contributed by atoms with Crippen molar-refractivity contribution in [2.75, 3.05) is 13.1 Å². The molecule has 2 heterocycles. The van der Waals surface area contributed by atoms with E-state index in [1.807, 2.05) is 36.1 Å². The summed E-state index contributed by atoms with van der Waals surface area (Å²) in [7, 11) is 2.03. The first-order chi connectivity index (χ1) is 9.74. The van der Waals surface area contributed by atoms with E-state index >= 15 is 0 Å². The molecule has 0 bridgehead atoms. The lowest BCUT2D eigenvalue weighted by atomic mass is 9.92. The summed E-state index contributed by atoms with van der Waals surface area (Å²) in [6, 6.07) is 8.02. The minimum atomic E-state index is 0.706. The highest BCUT2D eigenvalue weighted by molar-refractivity contribution is 6.30. The maximum absolute atomic E-state index is 6.11. The van der Waals surface area contributed by atoms with Crippen molar-refractivity contribution >= 4 is 11.6 Å². The molecular weight excluding hydrogens is 270 g/mol. The predicted molar refractivity (Wildman–Crippen MR) is 83.0 cm³/mol. The van der Waals surface area contributed by atoms with Gasteiger partial charge < -0.3 is 5.32 Å². The summed E-state index contributed by atoms with van der Waals surface area (Å²) in [5.74, 6) is 0.706. The number of hydrogen-bond acceptors (Lipinski definition) is 2. The number of rotatable bonds is 3. The first-order valence-electron chi connectivity index (χ1n) is 7.21. The Morgan fingerprint density at radius 1 is 1.45 bits per heavy atom. The molecule has 0 aliphatic carbocycles. The Kier molecular flexibility index (Phi) is 4.08. The van der Waals surface area contributed by atoms with Crippen LogP contribution < -0.4 is 5.32 Å². The van der Waals surface area contributed by atoms with Crippen LogP contribution in [0.25, 0.3) is 11.1 Å². The number of halogens is 1. The second-order valence-corrected chi connectivity index (χ2v) is 5.99.